The molecule has 3 rings (SSSR count). The normalized spacial score (nSPS) is 11.4. The molecule has 7 nitrogen and oxygen atoms in total. The van der Waals surface area contributed by atoms with Crippen molar-refractivity contribution in [2.24, 2.45) is 4.99 Å². The number of ether oxygens (including phenoxy) is 1. The highest BCUT2D eigenvalue weighted by molar-refractivity contribution is 7.03. The molecule has 1 amide bonds. The molecule has 0 N–H and O–H groups in total. The first-order valence-electron chi connectivity index (χ1n) is 8.73. The van der Waals surface area contributed by atoms with Crippen LogP contribution in [-0.2, 0) is 22.6 Å². The standard InChI is InChI=1S/C20H19N3O4S/c1-2-27-17(24)14-22-19(21-18(25)16-11-7-4-8-12-16)28-23(20(22)26)13-15-9-5-3-6-10-15/h3-12H,2,13-14H2,1H3. The number of amides is 1. The van der Waals surface area contributed by atoms with Gasteiger partial charge < -0.3 is 4.74 Å². The lowest BCUT2D eigenvalue weighted by Crippen LogP contribution is -2.33. The Kier molecular flexibility index (Phi) is 6.33. The van der Waals surface area contributed by atoms with Gasteiger partial charge in [-0.05, 0) is 36.2 Å². The van der Waals surface area contributed by atoms with Crippen molar-refractivity contribution >= 4 is 23.4 Å². The molecule has 1 heterocycles. The van der Waals surface area contributed by atoms with E-state index >= 15 is 0 Å². The van der Waals surface area contributed by atoms with Crippen molar-refractivity contribution in [3.8, 4) is 0 Å². The minimum Gasteiger partial charge on any atom is -0.465 e. The van der Waals surface area contributed by atoms with Crippen LogP contribution in [0.3, 0.4) is 0 Å². The molecule has 1 aromatic heterocycles. The molecule has 0 spiro atoms. The first-order chi connectivity index (χ1) is 13.6. The molecule has 0 saturated carbocycles. The topological polar surface area (TPSA) is 82.7 Å². The summed E-state index contributed by atoms with van der Waals surface area (Å²) < 4.78 is 7.58. The van der Waals surface area contributed by atoms with Crippen LogP contribution < -0.4 is 10.5 Å². The summed E-state index contributed by atoms with van der Waals surface area (Å²) in [5, 5.41) is 0. The molecule has 0 aliphatic heterocycles. The van der Waals surface area contributed by atoms with Crippen molar-refractivity contribution in [3.05, 3.63) is 87.1 Å². The number of aromatic nitrogens is 2. The van der Waals surface area contributed by atoms with E-state index in [0.717, 1.165) is 17.1 Å². The third-order valence-electron chi connectivity index (χ3n) is 3.85. The summed E-state index contributed by atoms with van der Waals surface area (Å²) in [6.07, 6.45) is 0. The molecule has 0 radical (unpaired) electrons. The van der Waals surface area contributed by atoms with Crippen molar-refractivity contribution in [1.82, 2.24) is 8.52 Å². The van der Waals surface area contributed by atoms with Crippen molar-refractivity contribution in [3.63, 3.8) is 0 Å². The van der Waals surface area contributed by atoms with E-state index in [1.807, 2.05) is 30.3 Å². The Hall–Kier alpha value is -3.26. The second kappa shape index (κ2) is 9.09. The van der Waals surface area contributed by atoms with E-state index in [2.05, 4.69) is 4.99 Å². The van der Waals surface area contributed by atoms with Gasteiger partial charge in [0, 0.05) is 5.56 Å². The monoisotopic (exact) mass is 397 g/mol. The maximum absolute atomic E-state index is 12.8. The molecular weight excluding hydrogens is 378 g/mol. The average Bonchev–Trinajstić information content (AvgIpc) is 2.98. The van der Waals surface area contributed by atoms with Gasteiger partial charge in [0.2, 0.25) is 4.80 Å². The Bertz CT molecular complexity index is 1080. The van der Waals surface area contributed by atoms with Crippen LogP contribution in [0.15, 0.2) is 70.5 Å². The highest BCUT2D eigenvalue weighted by atomic mass is 32.1. The number of benzene rings is 2. The van der Waals surface area contributed by atoms with E-state index in [1.165, 1.54) is 8.52 Å². The minimum absolute atomic E-state index is 0.155. The molecular formula is C20H19N3O4S. The molecule has 0 saturated heterocycles. The molecule has 8 heteroatoms. The smallest absolute Gasteiger partial charge is 0.340 e. The molecule has 0 fully saturated rings. The van der Waals surface area contributed by atoms with Crippen LogP contribution >= 0.6 is 11.5 Å². The molecule has 0 aliphatic rings. The van der Waals surface area contributed by atoms with E-state index in [1.54, 1.807) is 37.3 Å². The molecule has 0 atom stereocenters. The van der Waals surface area contributed by atoms with E-state index in [0.29, 0.717) is 12.1 Å². The van der Waals surface area contributed by atoms with Crippen LogP contribution in [-0.4, -0.2) is 27.0 Å². The van der Waals surface area contributed by atoms with Crippen molar-refractivity contribution in [1.29, 1.82) is 0 Å². The van der Waals surface area contributed by atoms with Crippen LogP contribution in [0.2, 0.25) is 0 Å². The summed E-state index contributed by atoms with van der Waals surface area (Å²) in [5.74, 6) is -1.04. The van der Waals surface area contributed by atoms with Gasteiger partial charge in [-0.3, -0.25) is 14.2 Å². The Morgan fingerprint density at radius 1 is 1.04 bits per heavy atom. The summed E-state index contributed by atoms with van der Waals surface area (Å²) in [7, 11) is 0. The highest BCUT2D eigenvalue weighted by Crippen LogP contribution is 2.03. The molecule has 0 unspecified atom stereocenters. The number of rotatable bonds is 6. The first kappa shape index (κ1) is 19.5. The zero-order valence-electron chi connectivity index (χ0n) is 15.3. The summed E-state index contributed by atoms with van der Waals surface area (Å²) in [4.78, 5) is 41.4. The van der Waals surface area contributed by atoms with Gasteiger partial charge in [0.05, 0.1) is 13.2 Å². The number of nitrogens with zero attached hydrogens (tertiary/aromatic N) is 3. The second-order valence-corrected chi connectivity index (χ2v) is 6.84. The SMILES string of the molecule is CCOC(=O)Cn1c(=NC(=O)c2ccccc2)sn(Cc2ccccc2)c1=O. The predicted molar refractivity (Wildman–Crippen MR) is 105 cm³/mol. The third-order valence-corrected chi connectivity index (χ3v) is 4.83. The van der Waals surface area contributed by atoms with Crippen molar-refractivity contribution in [2.75, 3.05) is 6.61 Å². The van der Waals surface area contributed by atoms with Crippen LogP contribution in [0.4, 0.5) is 0 Å². The van der Waals surface area contributed by atoms with Gasteiger partial charge >= 0.3 is 11.7 Å². The Morgan fingerprint density at radius 3 is 2.32 bits per heavy atom. The molecule has 2 aromatic carbocycles. The molecule has 0 aliphatic carbocycles. The fraction of sp³-hybridized carbons (Fsp3) is 0.200. The third kappa shape index (κ3) is 4.72. The lowest BCUT2D eigenvalue weighted by Gasteiger charge is -2.02. The number of esters is 1. The van der Waals surface area contributed by atoms with Gasteiger partial charge in [0.25, 0.3) is 5.91 Å². The van der Waals surface area contributed by atoms with Gasteiger partial charge in [0.1, 0.15) is 6.54 Å². The number of hydrogen-bond donors (Lipinski definition) is 0. The maximum Gasteiger partial charge on any atom is 0.340 e. The van der Waals surface area contributed by atoms with E-state index < -0.39 is 17.6 Å². The molecule has 28 heavy (non-hydrogen) atoms. The fourth-order valence-corrected chi connectivity index (χ4v) is 3.49. The summed E-state index contributed by atoms with van der Waals surface area (Å²) in [6.45, 7) is 1.92. The molecule has 144 valence electrons. The average molecular weight is 397 g/mol. The van der Waals surface area contributed by atoms with Crippen LogP contribution in [0.5, 0.6) is 0 Å². The second-order valence-electron chi connectivity index (χ2n) is 5.85. The highest BCUT2D eigenvalue weighted by Gasteiger charge is 2.15. The molecule has 3 aromatic rings. The lowest BCUT2D eigenvalue weighted by atomic mass is 10.2. The van der Waals surface area contributed by atoms with Crippen LogP contribution in [0.1, 0.15) is 22.8 Å². The van der Waals surface area contributed by atoms with Gasteiger partial charge in [-0.15, -0.1) is 0 Å². The Morgan fingerprint density at radius 2 is 1.68 bits per heavy atom. The van der Waals surface area contributed by atoms with E-state index in [9.17, 15) is 14.4 Å². The van der Waals surface area contributed by atoms with Gasteiger partial charge in [0.15, 0.2) is 0 Å². The quantitative estimate of drug-likeness (QED) is 0.596. The summed E-state index contributed by atoms with van der Waals surface area (Å²) in [5.41, 5.74) is 0.914. The zero-order valence-corrected chi connectivity index (χ0v) is 16.1. The maximum atomic E-state index is 12.8. The summed E-state index contributed by atoms with van der Waals surface area (Å²) in [6, 6.07) is 18.0. The number of carbonyl (C=O) groups excluding carboxylic acids is 2. The Labute approximate surface area is 165 Å². The van der Waals surface area contributed by atoms with Crippen LogP contribution in [0.25, 0.3) is 0 Å². The van der Waals surface area contributed by atoms with Gasteiger partial charge in [-0.2, -0.15) is 4.99 Å². The minimum atomic E-state index is -0.558. The largest absolute Gasteiger partial charge is 0.465 e. The predicted octanol–water partition coefficient (Wildman–Crippen LogP) is 2.06. The van der Waals surface area contributed by atoms with Crippen molar-refractivity contribution < 1.29 is 14.3 Å². The van der Waals surface area contributed by atoms with Gasteiger partial charge in [-0.25, -0.2) is 8.75 Å². The first-order valence-corrected chi connectivity index (χ1v) is 9.50. The van der Waals surface area contributed by atoms with E-state index in [4.69, 9.17) is 4.74 Å². The number of hydrogen-bond acceptors (Lipinski definition) is 5. The van der Waals surface area contributed by atoms with Crippen molar-refractivity contribution in [2.45, 2.75) is 20.0 Å². The summed E-state index contributed by atoms with van der Waals surface area (Å²) >= 11 is 1.04. The number of carbonyl (C=O) groups is 2. The molecule has 0 bridgehead atoms. The Balaban J connectivity index is 2.02. The van der Waals surface area contributed by atoms with Crippen LogP contribution in [0, 0.1) is 0 Å². The van der Waals surface area contributed by atoms with E-state index in [-0.39, 0.29) is 18.0 Å². The fourth-order valence-electron chi connectivity index (χ4n) is 2.54. The van der Waals surface area contributed by atoms with Gasteiger partial charge in [-0.1, -0.05) is 48.5 Å². The zero-order chi connectivity index (χ0) is 19.9. The lowest BCUT2D eigenvalue weighted by molar-refractivity contribution is -0.143.